The third-order valence-corrected chi connectivity index (χ3v) is 3.03. The summed E-state index contributed by atoms with van der Waals surface area (Å²) in [4.78, 5) is 0. The lowest BCUT2D eigenvalue weighted by molar-refractivity contribution is 0.00677. The highest BCUT2D eigenvalue weighted by molar-refractivity contribution is 4.77. The molecule has 0 fully saturated rings. The van der Waals surface area contributed by atoms with E-state index < -0.39 is 0 Å². The van der Waals surface area contributed by atoms with Crippen LogP contribution in [0.5, 0.6) is 0 Å². The van der Waals surface area contributed by atoms with Gasteiger partial charge in [0.2, 0.25) is 0 Å². The summed E-state index contributed by atoms with van der Waals surface area (Å²) in [6.07, 6.45) is 4.97. The van der Waals surface area contributed by atoms with Gasteiger partial charge in [0.05, 0.1) is 5.60 Å². The van der Waals surface area contributed by atoms with Crippen LogP contribution in [0, 0.1) is 5.92 Å². The summed E-state index contributed by atoms with van der Waals surface area (Å²) in [6.45, 7) is 8.88. The lowest BCUT2D eigenvalue weighted by atomic mass is 9.94. The summed E-state index contributed by atoms with van der Waals surface area (Å²) >= 11 is 0. The zero-order valence-electron chi connectivity index (χ0n) is 11.4. The predicted molar refractivity (Wildman–Crippen MR) is 67.2 cm³/mol. The molecule has 0 aromatic rings. The molecule has 2 nitrogen and oxygen atoms in total. The van der Waals surface area contributed by atoms with Crippen LogP contribution in [-0.2, 0) is 4.74 Å². The second kappa shape index (κ2) is 7.24. The minimum Gasteiger partial charge on any atom is -0.379 e. The van der Waals surface area contributed by atoms with E-state index in [1.807, 2.05) is 7.05 Å². The van der Waals surface area contributed by atoms with Gasteiger partial charge >= 0.3 is 0 Å². The molecule has 0 saturated heterocycles. The van der Waals surface area contributed by atoms with Gasteiger partial charge < -0.3 is 10.1 Å². The van der Waals surface area contributed by atoms with Crippen molar-refractivity contribution in [2.24, 2.45) is 5.92 Å². The lowest BCUT2D eigenvalue weighted by Crippen LogP contribution is -2.35. The fourth-order valence-corrected chi connectivity index (χ4v) is 1.80. The van der Waals surface area contributed by atoms with Gasteiger partial charge in [0.25, 0.3) is 0 Å². The van der Waals surface area contributed by atoms with E-state index in [0.717, 1.165) is 12.3 Å². The molecule has 0 aliphatic rings. The summed E-state index contributed by atoms with van der Waals surface area (Å²) in [6, 6.07) is 0.582. The maximum atomic E-state index is 5.46. The Morgan fingerprint density at radius 2 is 1.80 bits per heavy atom. The molecule has 92 valence electrons. The van der Waals surface area contributed by atoms with E-state index in [1.54, 1.807) is 7.11 Å². The Morgan fingerprint density at radius 1 is 1.20 bits per heavy atom. The molecule has 0 saturated carbocycles. The fraction of sp³-hybridized carbons (Fsp3) is 1.00. The van der Waals surface area contributed by atoms with Crippen molar-refractivity contribution in [3.8, 4) is 0 Å². The largest absolute Gasteiger partial charge is 0.379 e. The average Bonchev–Trinajstić information content (AvgIpc) is 2.15. The summed E-state index contributed by atoms with van der Waals surface area (Å²) in [5.41, 5.74) is -0.00843. The molecule has 0 aromatic carbocycles. The molecular weight excluding hydrogens is 186 g/mol. The second-order valence-corrected chi connectivity index (χ2v) is 5.48. The summed E-state index contributed by atoms with van der Waals surface area (Å²) in [5.74, 6) is 0.818. The Bertz CT molecular complexity index is 155. The molecule has 1 atom stereocenters. The smallest absolute Gasteiger partial charge is 0.0637 e. The highest BCUT2D eigenvalue weighted by atomic mass is 16.5. The molecule has 0 aliphatic heterocycles. The SMILES string of the molecule is CNC(CCCC(C)C)CC(C)(C)OC. The molecule has 1 N–H and O–H groups in total. The van der Waals surface area contributed by atoms with Gasteiger partial charge in [-0.3, -0.25) is 0 Å². The summed E-state index contributed by atoms with van der Waals surface area (Å²) < 4.78 is 5.46. The molecule has 0 aliphatic carbocycles. The van der Waals surface area contributed by atoms with Crippen molar-refractivity contribution in [1.82, 2.24) is 5.32 Å². The first-order valence-corrected chi connectivity index (χ1v) is 6.13. The van der Waals surface area contributed by atoms with Crippen LogP contribution in [0.4, 0.5) is 0 Å². The normalized spacial score (nSPS) is 14.6. The first kappa shape index (κ1) is 14.9. The highest BCUT2D eigenvalue weighted by Crippen LogP contribution is 2.19. The Hall–Kier alpha value is -0.0800. The van der Waals surface area contributed by atoms with Crippen LogP contribution >= 0.6 is 0 Å². The maximum absolute atomic E-state index is 5.46. The summed E-state index contributed by atoms with van der Waals surface area (Å²) in [5, 5.41) is 3.39. The van der Waals surface area contributed by atoms with E-state index in [2.05, 4.69) is 33.0 Å². The zero-order valence-corrected chi connectivity index (χ0v) is 11.4. The van der Waals surface area contributed by atoms with E-state index in [0.29, 0.717) is 6.04 Å². The third-order valence-electron chi connectivity index (χ3n) is 3.03. The molecule has 0 rings (SSSR count). The van der Waals surface area contributed by atoms with Crippen LogP contribution in [0.15, 0.2) is 0 Å². The Kier molecular flexibility index (Phi) is 7.20. The van der Waals surface area contributed by atoms with Crippen molar-refractivity contribution in [2.75, 3.05) is 14.2 Å². The van der Waals surface area contributed by atoms with Crippen molar-refractivity contribution in [3.05, 3.63) is 0 Å². The third kappa shape index (κ3) is 7.80. The van der Waals surface area contributed by atoms with Gasteiger partial charge in [-0.05, 0) is 39.7 Å². The van der Waals surface area contributed by atoms with Gasteiger partial charge in [0, 0.05) is 13.2 Å². The van der Waals surface area contributed by atoms with Crippen LogP contribution in [0.2, 0.25) is 0 Å². The summed E-state index contributed by atoms with van der Waals surface area (Å²) in [7, 11) is 3.84. The molecule has 0 heterocycles. The number of rotatable bonds is 8. The molecule has 2 heteroatoms. The van der Waals surface area contributed by atoms with Gasteiger partial charge in [-0.2, -0.15) is 0 Å². The minimum absolute atomic E-state index is 0.00843. The van der Waals surface area contributed by atoms with Gasteiger partial charge in [0.1, 0.15) is 0 Å². The van der Waals surface area contributed by atoms with Crippen molar-refractivity contribution in [1.29, 1.82) is 0 Å². The second-order valence-electron chi connectivity index (χ2n) is 5.48. The average molecular weight is 215 g/mol. The number of hydrogen-bond acceptors (Lipinski definition) is 2. The van der Waals surface area contributed by atoms with Crippen molar-refractivity contribution >= 4 is 0 Å². The van der Waals surface area contributed by atoms with Crippen LogP contribution < -0.4 is 5.32 Å². The fourth-order valence-electron chi connectivity index (χ4n) is 1.80. The van der Waals surface area contributed by atoms with E-state index in [1.165, 1.54) is 19.3 Å². The quantitative estimate of drug-likeness (QED) is 0.671. The Labute approximate surface area is 95.8 Å². The van der Waals surface area contributed by atoms with Gasteiger partial charge in [-0.15, -0.1) is 0 Å². The Morgan fingerprint density at radius 3 is 2.20 bits per heavy atom. The van der Waals surface area contributed by atoms with Crippen molar-refractivity contribution < 1.29 is 4.74 Å². The van der Waals surface area contributed by atoms with E-state index in [-0.39, 0.29) is 5.60 Å². The monoisotopic (exact) mass is 215 g/mol. The highest BCUT2D eigenvalue weighted by Gasteiger charge is 2.21. The van der Waals surface area contributed by atoms with Gasteiger partial charge in [0.15, 0.2) is 0 Å². The van der Waals surface area contributed by atoms with Crippen molar-refractivity contribution in [3.63, 3.8) is 0 Å². The zero-order chi connectivity index (χ0) is 11.9. The number of hydrogen-bond donors (Lipinski definition) is 1. The topological polar surface area (TPSA) is 21.3 Å². The predicted octanol–water partition coefficient (Wildman–Crippen LogP) is 3.22. The van der Waals surface area contributed by atoms with Gasteiger partial charge in [-0.25, -0.2) is 0 Å². The number of nitrogens with one attached hydrogen (secondary N) is 1. The molecule has 0 amide bonds. The molecule has 0 aromatic heterocycles. The van der Waals surface area contributed by atoms with Crippen LogP contribution in [-0.4, -0.2) is 25.8 Å². The molecule has 0 spiro atoms. The van der Waals surface area contributed by atoms with E-state index in [9.17, 15) is 0 Å². The lowest BCUT2D eigenvalue weighted by Gasteiger charge is -2.28. The van der Waals surface area contributed by atoms with E-state index in [4.69, 9.17) is 4.74 Å². The van der Waals surface area contributed by atoms with Crippen LogP contribution in [0.25, 0.3) is 0 Å². The van der Waals surface area contributed by atoms with Crippen molar-refractivity contribution in [2.45, 2.75) is 65.0 Å². The minimum atomic E-state index is -0.00843. The molecule has 15 heavy (non-hydrogen) atoms. The number of ether oxygens (including phenoxy) is 1. The standard InChI is InChI=1S/C13H29NO/c1-11(2)8-7-9-12(14-5)10-13(3,4)15-6/h11-12,14H,7-10H2,1-6H3. The Balaban J connectivity index is 3.82. The number of methoxy groups -OCH3 is 1. The first-order valence-electron chi connectivity index (χ1n) is 6.13. The van der Waals surface area contributed by atoms with Crippen LogP contribution in [0.3, 0.4) is 0 Å². The maximum Gasteiger partial charge on any atom is 0.0637 e. The molecule has 0 bridgehead atoms. The van der Waals surface area contributed by atoms with Crippen LogP contribution in [0.1, 0.15) is 53.4 Å². The molecular formula is C13H29NO. The molecule has 1 unspecified atom stereocenters. The first-order chi connectivity index (χ1) is 6.91. The van der Waals surface area contributed by atoms with Gasteiger partial charge in [-0.1, -0.05) is 26.7 Å². The van der Waals surface area contributed by atoms with E-state index >= 15 is 0 Å². The molecule has 0 radical (unpaired) electrons.